The molecule has 2 aliphatic rings. The van der Waals surface area contributed by atoms with Crippen LogP contribution in [0.4, 0.5) is 0 Å². The van der Waals surface area contributed by atoms with Crippen LogP contribution in [0.15, 0.2) is 0 Å². The van der Waals surface area contributed by atoms with Crippen molar-refractivity contribution >= 4 is 11.8 Å². The molecule has 3 N–H and O–H groups in total. The van der Waals surface area contributed by atoms with Crippen molar-refractivity contribution in [1.29, 1.82) is 0 Å². The maximum absolute atomic E-state index is 9.20. The Balaban J connectivity index is 1.82. The zero-order valence-electron chi connectivity index (χ0n) is 9.32. The highest BCUT2D eigenvalue weighted by Crippen LogP contribution is 2.40. The lowest BCUT2D eigenvalue weighted by atomic mass is 10.0. The largest absolute Gasteiger partial charge is 0.394 e. The Kier molecular flexibility index (Phi) is 3.60. The smallest absolute Gasteiger partial charge is 0.0666 e. The fourth-order valence-corrected chi connectivity index (χ4v) is 4.21. The summed E-state index contributed by atoms with van der Waals surface area (Å²) in [4.78, 5) is 0. The summed E-state index contributed by atoms with van der Waals surface area (Å²) in [6.07, 6.45) is 4.61. The maximum Gasteiger partial charge on any atom is 0.0666 e. The molecule has 1 saturated carbocycles. The fraction of sp³-hybridized carbons (Fsp3) is 1.00. The summed E-state index contributed by atoms with van der Waals surface area (Å²) >= 11 is 2.02. The van der Waals surface area contributed by atoms with Crippen molar-refractivity contribution in [2.75, 3.05) is 13.2 Å². The van der Waals surface area contributed by atoms with Crippen LogP contribution in [0.2, 0.25) is 0 Å². The molecule has 88 valence electrons. The van der Waals surface area contributed by atoms with Crippen molar-refractivity contribution in [2.45, 2.75) is 54.7 Å². The van der Waals surface area contributed by atoms with E-state index in [1.807, 2.05) is 11.8 Å². The standard InChI is InChI=1S/C11H21NO2S/c1-8-10(3-5-14-8)15-9-2-4-11(12,6-9)7-13/h8-10,13H,2-7,12H2,1H3. The van der Waals surface area contributed by atoms with Gasteiger partial charge in [-0.1, -0.05) is 0 Å². The molecule has 1 saturated heterocycles. The van der Waals surface area contributed by atoms with Gasteiger partial charge >= 0.3 is 0 Å². The minimum absolute atomic E-state index is 0.126. The monoisotopic (exact) mass is 231 g/mol. The molecular formula is C11H21NO2S. The van der Waals surface area contributed by atoms with Crippen LogP contribution >= 0.6 is 11.8 Å². The molecule has 1 aliphatic heterocycles. The second-order valence-corrected chi connectivity index (χ2v) is 6.47. The molecule has 0 aromatic heterocycles. The molecule has 15 heavy (non-hydrogen) atoms. The lowest BCUT2D eigenvalue weighted by Crippen LogP contribution is -2.41. The van der Waals surface area contributed by atoms with Crippen molar-refractivity contribution in [1.82, 2.24) is 0 Å². The summed E-state index contributed by atoms with van der Waals surface area (Å²) in [7, 11) is 0. The molecule has 0 aromatic carbocycles. The molecule has 1 aliphatic carbocycles. The van der Waals surface area contributed by atoms with Crippen LogP contribution in [0.3, 0.4) is 0 Å². The van der Waals surface area contributed by atoms with Crippen molar-refractivity contribution in [3.63, 3.8) is 0 Å². The molecule has 1 heterocycles. The Bertz CT molecular complexity index is 227. The highest BCUT2D eigenvalue weighted by atomic mass is 32.2. The van der Waals surface area contributed by atoms with E-state index in [2.05, 4.69) is 6.92 Å². The summed E-state index contributed by atoms with van der Waals surface area (Å²) in [5, 5.41) is 10.5. The van der Waals surface area contributed by atoms with Crippen LogP contribution in [0.1, 0.15) is 32.6 Å². The minimum Gasteiger partial charge on any atom is -0.394 e. The lowest BCUT2D eigenvalue weighted by molar-refractivity contribution is 0.127. The summed E-state index contributed by atoms with van der Waals surface area (Å²) in [5.41, 5.74) is 5.76. The van der Waals surface area contributed by atoms with Crippen molar-refractivity contribution in [3.05, 3.63) is 0 Å². The molecule has 0 amide bonds. The van der Waals surface area contributed by atoms with Crippen molar-refractivity contribution in [3.8, 4) is 0 Å². The maximum atomic E-state index is 9.20. The van der Waals surface area contributed by atoms with E-state index in [0.29, 0.717) is 16.6 Å². The van der Waals surface area contributed by atoms with Gasteiger partial charge in [-0.05, 0) is 32.6 Å². The minimum atomic E-state index is -0.305. The Hall–Kier alpha value is 0.230. The molecule has 0 spiro atoms. The highest BCUT2D eigenvalue weighted by Gasteiger charge is 2.38. The molecular weight excluding hydrogens is 210 g/mol. The number of thioether (sulfide) groups is 1. The molecule has 0 aromatic rings. The van der Waals surface area contributed by atoms with E-state index in [1.165, 1.54) is 6.42 Å². The average Bonchev–Trinajstić information content (AvgIpc) is 2.77. The van der Waals surface area contributed by atoms with Gasteiger partial charge in [0.25, 0.3) is 0 Å². The summed E-state index contributed by atoms with van der Waals surface area (Å²) in [6.45, 7) is 3.18. The summed E-state index contributed by atoms with van der Waals surface area (Å²) in [6, 6.07) is 0. The Labute approximate surface area is 95.7 Å². The normalized spacial score (nSPS) is 46.2. The number of rotatable bonds is 3. The van der Waals surface area contributed by atoms with E-state index < -0.39 is 0 Å². The van der Waals surface area contributed by atoms with Crippen molar-refractivity contribution < 1.29 is 9.84 Å². The van der Waals surface area contributed by atoms with Gasteiger partial charge in [0.2, 0.25) is 0 Å². The molecule has 0 radical (unpaired) electrons. The lowest BCUT2D eigenvalue weighted by Gasteiger charge is -2.22. The predicted molar refractivity (Wildman–Crippen MR) is 63.1 cm³/mol. The highest BCUT2D eigenvalue weighted by molar-refractivity contribution is 8.00. The number of aliphatic hydroxyl groups is 1. The van der Waals surface area contributed by atoms with Gasteiger partial charge in [-0.25, -0.2) is 0 Å². The number of hydrogen-bond acceptors (Lipinski definition) is 4. The first kappa shape index (κ1) is 11.7. The molecule has 2 fully saturated rings. The van der Waals surface area contributed by atoms with E-state index in [0.717, 1.165) is 25.9 Å². The number of hydrogen-bond donors (Lipinski definition) is 2. The second kappa shape index (κ2) is 4.62. The van der Waals surface area contributed by atoms with Gasteiger partial charge in [-0.15, -0.1) is 0 Å². The molecule has 2 rings (SSSR count). The van der Waals surface area contributed by atoms with Crippen LogP contribution in [-0.2, 0) is 4.74 Å². The van der Waals surface area contributed by atoms with Crippen LogP contribution in [0, 0.1) is 0 Å². The molecule has 4 atom stereocenters. The van der Waals surface area contributed by atoms with Crippen LogP contribution in [-0.4, -0.2) is 40.5 Å². The van der Waals surface area contributed by atoms with Gasteiger partial charge in [0, 0.05) is 22.6 Å². The molecule has 4 unspecified atom stereocenters. The van der Waals surface area contributed by atoms with Crippen molar-refractivity contribution in [2.24, 2.45) is 5.73 Å². The number of nitrogens with two attached hydrogens (primary N) is 1. The quantitative estimate of drug-likeness (QED) is 0.765. The van der Waals surface area contributed by atoms with Crippen LogP contribution in [0.5, 0.6) is 0 Å². The van der Waals surface area contributed by atoms with E-state index in [1.54, 1.807) is 0 Å². The van der Waals surface area contributed by atoms with E-state index >= 15 is 0 Å². The Morgan fingerprint density at radius 2 is 2.33 bits per heavy atom. The van der Waals surface area contributed by atoms with Crippen LogP contribution in [0.25, 0.3) is 0 Å². The number of ether oxygens (including phenoxy) is 1. The first-order valence-corrected chi connectivity index (χ1v) is 6.74. The third-order valence-corrected chi connectivity index (χ3v) is 5.34. The van der Waals surface area contributed by atoms with Gasteiger partial charge in [0.15, 0.2) is 0 Å². The van der Waals surface area contributed by atoms with E-state index in [-0.39, 0.29) is 12.1 Å². The van der Waals surface area contributed by atoms with Gasteiger partial charge in [0.1, 0.15) is 0 Å². The first-order chi connectivity index (χ1) is 7.13. The predicted octanol–water partition coefficient (Wildman–Crippen LogP) is 1.14. The summed E-state index contributed by atoms with van der Waals surface area (Å²) < 4.78 is 5.55. The topological polar surface area (TPSA) is 55.5 Å². The first-order valence-electron chi connectivity index (χ1n) is 5.80. The third kappa shape index (κ3) is 2.67. The van der Waals surface area contributed by atoms with Crippen LogP contribution < -0.4 is 5.73 Å². The Morgan fingerprint density at radius 3 is 2.87 bits per heavy atom. The SMILES string of the molecule is CC1OCCC1SC1CCC(N)(CO)C1. The average molecular weight is 231 g/mol. The van der Waals surface area contributed by atoms with Gasteiger partial charge in [-0.3, -0.25) is 0 Å². The second-order valence-electron chi connectivity index (χ2n) is 4.92. The Morgan fingerprint density at radius 1 is 1.53 bits per heavy atom. The summed E-state index contributed by atoms with van der Waals surface area (Å²) in [5.74, 6) is 0. The van der Waals surface area contributed by atoms with Gasteiger partial charge in [0.05, 0.1) is 12.7 Å². The molecule has 3 nitrogen and oxygen atoms in total. The fourth-order valence-electron chi connectivity index (χ4n) is 2.50. The number of aliphatic hydroxyl groups excluding tert-OH is 1. The van der Waals surface area contributed by atoms with E-state index in [4.69, 9.17) is 10.5 Å². The molecule has 4 heteroatoms. The molecule has 0 bridgehead atoms. The zero-order valence-corrected chi connectivity index (χ0v) is 10.1. The zero-order chi connectivity index (χ0) is 10.9. The van der Waals surface area contributed by atoms with Gasteiger partial charge < -0.3 is 15.6 Å². The third-order valence-electron chi connectivity index (χ3n) is 3.59. The van der Waals surface area contributed by atoms with Gasteiger partial charge in [-0.2, -0.15) is 11.8 Å². The van der Waals surface area contributed by atoms with E-state index in [9.17, 15) is 5.11 Å².